The number of allylic oxidation sites excluding steroid dienone is 6. The number of hydrogen-bond donors (Lipinski definition) is 3. The SMILES string of the molecule is C/C=C\C.C1=CCCC(c2ccc(-c3cccc(C4C=CNCN4)c3)cc2)=C1.CC.CNc1ccccc1C.Cc1cccc(-n2c3ccccc3c3cc(-c4ccc5c(c4)c4ccccc4n5C)ccc32)c1. The van der Waals surface area contributed by atoms with Gasteiger partial charge in [-0.05, 0) is 164 Å². The average molecular weight is 958 g/mol. The molecule has 1 unspecified atom stereocenters. The molecule has 1 aliphatic heterocycles. The third-order valence-electron chi connectivity index (χ3n) is 13.6. The zero-order valence-corrected chi connectivity index (χ0v) is 44.0. The molecule has 5 nitrogen and oxygen atoms in total. The van der Waals surface area contributed by atoms with Gasteiger partial charge in [-0.1, -0.05) is 166 Å². The van der Waals surface area contributed by atoms with Gasteiger partial charge in [0.25, 0.3) is 0 Å². The van der Waals surface area contributed by atoms with E-state index in [-0.39, 0.29) is 6.04 Å². The minimum atomic E-state index is 0.282. The standard InChI is InChI=1S/C32H24N2.C22H22N2.C8H11N.C4H8.C2H6/c1-21-8-7-9-24(18-21)34-31-13-6-4-11-26(31)28-20-23(15-17-32(28)34)22-14-16-30-27(19-22)25-10-3-5-12-29(25)33(30)2;1-2-5-17(6-3-1)18-9-11-19(12-10-18)20-7-4-8-21(15-20)22-13-14-23-16-24-22;1-7-5-3-4-6-8(7)9-2;1-3-4-2;1-2/h3-20H,1-2H3;1-2,4-5,7-15,22-24H,3,6,16H2;3-6,9H,1-2H3;3-4H,1-2H3;1-2H3/b;;;4-3-;. The second-order valence-corrected chi connectivity index (χ2v) is 18.2. The Bertz CT molecular complexity index is 3560. The topological polar surface area (TPSA) is 45.9 Å². The van der Waals surface area contributed by atoms with E-state index in [1.807, 2.05) is 65.2 Å². The number of anilines is 1. The normalized spacial score (nSPS) is 13.7. The van der Waals surface area contributed by atoms with Crippen molar-refractivity contribution in [2.45, 2.75) is 60.4 Å². The number of benzene rings is 8. The van der Waals surface area contributed by atoms with Crippen LogP contribution in [0.4, 0.5) is 5.69 Å². The van der Waals surface area contributed by atoms with Gasteiger partial charge in [-0.3, -0.25) is 5.32 Å². The largest absolute Gasteiger partial charge is 0.388 e. The molecule has 73 heavy (non-hydrogen) atoms. The summed E-state index contributed by atoms with van der Waals surface area (Å²) in [5, 5.41) is 14.9. The Labute approximate surface area is 433 Å². The Morgan fingerprint density at radius 1 is 0.562 bits per heavy atom. The van der Waals surface area contributed by atoms with Crippen LogP contribution >= 0.6 is 0 Å². The maximum atomic E-state index is 3.45. The molecule has 0 bridgehead atoms. The Morgan fingerprint density at radius 2 is 1.15 bits per heavy atom. The predicted octanol–water partition coefficient (Wildman–Crippen LogP) is 17.8. The average Bonchev–Trinajstić information content (AvgIpc) is 3.95. The Balaban J connectivity index is 0.000000158. The van der Waals surface area contributed by atoms with E-state index < -0.39 is 0 Å². The summed E-state index contributed by atoms with van der Waals surface area (Å²) >= 11 is 0. The zero-order chi connectivity index (χ0) is 51.1. The van der Waals surface area contributed by atoms with Crippen LogP contribution < -0.4 is 16.0 Å². The highest BCUT2D eigenvalue weighted by Gasteiger charge is 2.15. The summed E-state index contributed by atoms with van der Waals surface area (Å²) in [6.45, 7) is 13.0. The van der Waals surface area contributed by atoms with E-state index in [1.54, 1.807) is 0 Å². The summed E-state index contributed by atoms with van der Waals surface area (Å²) in [4.78, 5) is 0. The van der Waals surface area contributed by atoms with E-state index >= 15 is 0 Å². The molecule has 0 radical (unpaired) electrons. The molecule has 0 spiro atoms. The quantitative estimate of drug-likeness (QED) is 0.146. The number of aryl methyl sites for hydroxylation is 3. The highest BCUT2D eigenvalue weighted by atomic mass is 15.1. The first-order valence-corrected chi connectivity index (χ1v) is 25.9. The summed E-state index contributed by atoms with van der Waals surface area (Å²) in [5.74, 6) is 0. The van der Waals surface area contributed by atoms with Crippen LogP contribution in [0.3, 0.4) is 0 Å². The fraction of sp³-hybridized carbons (Fsp3) is 0.176. The van der Waals surface area contributed by atoms with Gasteiger partial charge >= 0.3 is 0 Å². The van der Waals surface area contributed by atoms with E-state index in [1.165, 1.54) is 105 Å². The molecule has 3 N–H and O–H groups in total. The van der Waals surface area contributed by atoms with Crippen molar-refractivity contribution in [2.75, 3.05) is 19.0 Å². The fourth-order valence-corrected chi connectivity index (χ4v) is 9.72. The lowest BCUT2D eigenvalue weighted by Crippen LogP contribution is -2.32. The van der Waals surface area contributed by atoms with Crippen LogP contribution in [0.1, 0.15) is 68.8 Å². The zero-order valence-electron chi connectivity index (χ0n) is 44.0. The Kier molecular flexibility index (Phi) is 17.4. The molecule has 0 saturated heterocycles. The van der Waals surface area contributed by atoms with Gasteiger partial charge in [-0.2, -0.15) is 0 Å². The maximum Gasteiger partial charge on any atom is 0.0655 e. The van der Waals surface area contributed by atoms with Gasteiger partial charge in [0.1, 0.15) is 0 Å². The van der Waals surface area contributed by atoms with Gasteiger partial charge in [0.2, 0.25) is 0 Å². The second-order valence-electron chi connectivity index (χ2n) is 18.2. The van der Waals surface area contributed by atoms with Gasteiger partial charge < -0.3 is 19.8 Å². The van der Waals surface area contributed by atoms with Crippen molar-refractivity contribution in [1.82, 2.24) is 19.8 Å². The van der Waals surface area contributed by atoms with Crippen molar-refractivity contribution < 1.29 is 0 Å². The van der Waals surface area contributed by atoms with Crippen molar-refractivity contribution >= 4 is 54.9 Å². The van der Waals surface area contributed by atoms with Crippen LogP contribution in [0.15, 0.2) is 225 Å². The number of nitrogens with zero attached hydrogens (tertiary/aromatic N) is 2. The van der Waals surface area contributed by atoms with Gasteiger partial charge in [0.15, 0.2) is 0 Å². The number of hydrogen-bond acceptors (Lipinski definition) is 3. The van der Waals surface area contributed by atoms with E-state index in [9.17, 15) is 0 Å². The molecule has 2 aliphatic rings. The molecule has 2 aromatic heterocycles. The van der Waals surface area contributed by atoms with Crippen LogP contribution in [-0.4, -0.2) is 22.9 Å². The van der Waals surface area contributed by atoms with Crippen LogP contribution in [0.5, 0.6) is 0 Å². The summed E-state index contributed by atoms with van der Waals surface area (Å²) in [5.41, 5.74) is 19.1. The summed E-state index contributed by atoms with van der Waals surface area (Å²) in [7, 11) is 4.08. The molecule has 3 heterocycles. The summed E-state index contributed by atoms with van der Waals surface area (Å²) in [6.07, 6.45) is 17.1. The number of para-hydroxylation sites is 3. The third kappa shape index (κ3) is 11.8. The molecular weight excluding hydrogens is 887 g/mol. The molecule has 0 saturated carbocycles. The molecule has 1 aliphatic carbocycles. The number of fused-ring (bicyclic) bond motifs is 6. The van der Waals surface area contributed by atoms with Crippen molar-refractivity contribution in [3.63, 3.8) is 0 Å². The summed E-state index contributed by atoms with van der Waals surface area (Å²) in [6, 6.07) is 66.1. The minimum absolute atomic E-state index is 0.282. The van der Waals surface area contributed by atoms with Gasteiger partial charge in [-0.15, -0.1) is 0 Å². The summed E-state index contributed by atoms with van der Waals surface area (Å²) < 4.78 is 4.67. The van der Waals surface area contributed by atoms with E-state index in [0.717, 1.165) is 19.5 Å². The van der Waals surface area contributed by atoms with Crippen molar-refractivity contribution in [3.8, 4) is 27.9 Å². The molecule has 368 valence electrons. The molecule has 8 aromatic carbocycles. The van der Waals surface area contributed by atoms with Crippen molar-refractivity contribution in [1.29, 1.82) is 0 Å². The third-order valence-corrected chi connectivity index (χ3v) is 13.6. The predicted molar refractivity (Wildman–Crippen MR) is 319 cm³/mol. The lowest BCUT2D eigenvalue weighted by Gasteiger charge is -2.20. The van der Waals surface area contributed by atoms with E-state index in [0.29, 0.717) is 0 Å². The highest BCUT2D eigenvalue weighted by molar-refractivity contribution is 6.12. The fourth-order valence-electron chi connectivity index (χ4n) is 9.72. The van der Waals surface area contributed by atoms with Crippen molar-refractivity contribution in [3.05, 3.63) is 247 Å². The van der Waals surface area contributed by atoms with Gasteiger partial charge in [-0.25, -0.2) is 0 Å². The first kappa shape index (κ1) is 51.2. The number of rotatable bonds is 6. The van der Waals surface area contributed by atoms with E-state index in [4.69, 9.17) is 0 Å². The molecule has 12 rings (SSSR count). The molecule has 5 heteroatoms. The monoisotopic (exact) mass is 958 g/mol. The molecule has 1 atom stereocenters. The van der Waals surface area contributed by atoms with Gasteiger partial charge in [0, 0.05) is 58.0 Å². The van der Waals surface area contributed by atoms with Crippen LogP contribution in [0.2, 0.25) is 0 Å². The maximum absolute atomic E-state index is 3.45. The van der Waals surface area contributed by atoms with Gasteiger partial charge in [0.05, 0.1) is 23.7 Å². The minimum Gasteiger partial charge on any atom is -0.388 e. The molecular formula is C68H71N5. The second kappa shape index (κ2) is 24.8. The molecule has 0 fully saturated rings. The van der Waals surface area contributed by atoms with Crippen LogP contribution in [-0.2, 0) is 7.05 Å². The Hall–Kier alpha value is -8.12. The lowest BCUT2D eigenvalue weighted by atomic mass is 9.94. The highest BCUT2D eigenvalue weighted by Crippen LogP contribution is 2.37. The molecule has 0 amide bonds. The lowest BCUT2D eigenvalue weighted by molar-refractivity contribution is 0.564. The number of aromatic nitrogens is 2. The number of nitrogens with one attached hydrogen (secondary N) is 3. The van der Waals surface area contributed by atoms with Crippen molar-refractivity contribution in [2.24, 2.45) is 7.05 Å². The van der Waals surface area contributed by atoms with E-state index in [2.05, 4.69) is 240 Å². The molecule has 10 aromatic rings. The Morgan fingerprint density at radius 3 is 1.79 bits per heavy atom. The first-order chi connectivity index (χ1) is 35.8. The smallest absolute Gasteiger partial charge is 0.0655 e. The first-order valence-electron chi connectivity index (χ1n) is 25.9. The van der Waals surface area contributed by atoms with Crippen LogP contribution in [0.25, 0.3) is 77.1 Å². The van der Waals surface area contributed by atoms with Crippen LogP contribution in [0, 0.1) is 13.8 Å².